The Morgan fingerprint density at radius 3 is 2.06 bits per heavy atom. The van der Waals surface area contributed by atoms with E-state index in [9.17, 15) is 14.4 Å². The normalized spacial score (nSPS) is 14.4. The first-order valence-corrected chi connectivity index (χ1v) is 5.62. The number of rotatable bonds is 5. The number of urea groups is 1. The van der Waals surface area contributed by atoms with Crippen molar-refractivity contribution in [1.29, 1.82) is 0 Å². The number of carboxylic acid groups (broad SMARTS) is 1. The first-order chi connectivity index (χ1) is 8.04. The summed E-state index contributed by atoms with van der Waals surface area (Å²) in [5.74, 6) is -1.64. The highest BCUT2D eigenvalue weighted by Gasteiger charge is 2.32. The van der Waals surface area contributed by atoms with Crippen LogP contribution >= 0.6 is 0 Å². The van der Waals surface area contributed by atoms with Crippen molar-refractivity contribution in [2.75, 3.05) is 0 Å². The van der Waals surface area contributed by atoms with E-state index in [0.717, 1.165) is 0 Å². The molecular weight excluding hydrogens is 238 g/mol. The number of nitrogens with two attached hydrogens (primary N) is 1. The van der Waals surface area contributed by atoms with Crippen molar-refractivity contribution in [1.82, 2.24) is 10.6 Å². The molecular formula is C11H21N3O4. The maximum atomic E-state index is 11.6. The summed E-state index contributed by atoms with van der Waals surface area (Å²) >= 11 is 0. The van der Waals surface area contributed by atoms with Gasteiger partial charge in [0, 0.05) is 12.5 Å². The molecule has 0 saturated heterocycles. The molecule has 0 saturated carbocycles. The zero-order valence-corrected chi connectivity index (χ0v) is 11.1. The van der Waals surface area contributed by atoms with Crippen molar-refractivity contribution in [2.45, 2.75) is 46.2 Å². The molecule has 18 heavy (non-hydrogen) atoms. The number of hydrogen-bond donors (Lipinski definition) is 4. The van der Waals surface area contributed by atoms with Gasteiger partial charge in [-0.25, -0.2) is 9.59 Å². The smallest absolute Gasteiger partial charge is 0.326 e. The molecule has 2 atom stereocenters. The summed E-state index contributed by atoms with van der Waals surface area (Å²) in [4.78, 5) is 33.2. The Kier molecular flexibility index (Phi) is 5.61. The Labute approximate surface area is 106 Å². The Morgan fingerprint density at radius 2 is 1.72 bits per heavy atom. The van der Waals surface area contributed by atoms with Crippen LogP contribution in [-0.2, 0) is 9.59 Å². The molecule has 0 heterocycles. The molecule has 0 aromatic carbocycles. The number of carbonyl (C=O) groups is 3. The fraction of sp³-hybridized carbons (Fsp3) is 0.727. The van der Waals surface area contributed by atoms with Crippen molar-refractivity contribution < 1.29 is 19.5 Å². The van der Waals surface area contributed by atoms with E-state index in [1.807, 2.05) is 0 Å². The Bertz CT molecular complexity index is 336. The van der Waals surface area contributed by atoms with Crippen molar-refractivity contribution in [3.63, 3.8) is 0 Å². The summed E-state index contributed by atoms with van der Waals surface area (Å²) in [7, 11) is 0. The van der Waals surface area contributed by atoms with Crippen LogP contribution in [0.1, 0.15) is 34.1 Å². The van der Waals surface area contributed by atoms with E-state index in [-0.39, 0.29) is 6.42 Å². The predicted molar refractivity (Wildman–Crippen MR) is 65.8 cm³/mol. The van der Waals surface area contributed by atoms with Gasteiger partial charge in [0.1, 0.15) is 6.04 Å². The largest absolute Gasteiger partial charge is 0.480 e. The molecule has 0 rings (SSSR count). The lowest BCUT2D eigenvalue weighted by Crippen LogP contribution is -2.53. The van der Waals surface area contributed by atoms with Crippen molar-refractivity contribution in [2.24, 2.45) is 11.1 Å². The number of primary amides is 1. The molecule has 0 aliphatic carbocycles. The second-order valence-corrected chi connectivity index (χ2v) is 5.33. The van der Waals surface area contributed by atoms with E-state index >= 15 is 0 Å². The number of aliphatic carboxylic acids is 1. The zero-order chi connectivity index (χ0) is 14.5. The molecule has 7 nitrogen and oxygen atoms in total. The van der Waals surface area contributed by atoms with Gasteiger partial charge in [-0.05, 0) is 12.3 Å². The average molecular weight is 259 g/mol. The molecule has 0 aromatic heterocycles. The lowest BCUT2D eigenvalue weighted by Gasteiger charge is -2.28. The highest BCUT2D eigenvalue weighted by molar-refractivity contribution is 5.83. The van der Waals surface area contributed by atoms with Gasteiger partial charge in [-0.15, -0.1) is 0 Å². The fourth-order valence-electron chi connectivity index (χ4n) is 1.40. The molecule has 0 bridgehead atoms. The molecule has 0 aromatic rings. The highest BCUT2D eigenvalue weighted by Crippen LogP contribution is 2.19. The molecule has 1 unspecified atom stereocenters. The SMILES string of the molecule is CC(CC(N)=O)NC(=O)N[C@@H](C(=O)O)C(C)(C)C. The van der Waals surface area contributed by atoms with Gasteiger partial charge in [0.25, 0.3) is 0 Å². The Hall–Kier alpha value is -1.79. The summed E-state index contributed by atoms with van der Waals surface area (Å²) in [6.07, 6.45) is 0.000671. The molecule has 0 radical (unpaired) electrons. The molecule has 0 spiro atoms. The maximum Gasteiger partial charge on any atom is 0.326 e. The van der Waals surface area contributed by atoms with Crippen LogP contribution in [0.5, 0.6) is 0 Å². The van der Waals surface area contributed by atoms with Crippen molar-refractivity contribution >= 4 is 17.9 Å². The fourth-order valence-corrected chi connectivity index (χ4v) is 1.40. The van der Waals surface area contributed by atoms with E-state index in [0.29, 0.717) is 0 Å². The van der Waals surface area contributed by atoms with Crippen LogP contribution in [0.4, 0.5) is 4.79 Å². The van der Waals surface area contributed by atoms with Gasteiger partial charge in [-0.3, -0.25) is 4.79 Å². The number of carboxylic acids is 1. The van der Waals surface area contributed by atoms with Gasteiger partial charge in [0.05, 0.1) is 0 Å². The second kappa shape index (κ2) is 6.23. The summed E-state index contributed by atoms with van der Waals surface area (Å²) in [6, 6.07) is -2.10. The van der Waals surface area contributed by atoms with Crippen molar-refractivity contribution in [3.05, 3.63) is 0 Å². The van der Waals surface area contributed by atoms with Crippen LogP contribution in [0.3, 0.4) is 0 Å². The summed E-state index contributed by atoms with van der Waals surface area (Å²) < 4.78 is 0. The van der Waals surface area contributed by atoms with Crippen LogP contribution in [0.15, 0.2) is 0 Å². The van der Waals surface area contributed by atoms with Crippen LogP contribution in [0.2, 0.25) is 0 Å². The number of hydrogen-bond acceptors (Lipinski definition) is 3. The molecule has 0 aliphatic heterocycles. The third-order valence-corrected chi connectivity index (χ3v) is 2.27. The molecule has 5 N–H and O–H groups in total. The van der Waals surface area contributed by atoms with E-state index in [2.05, 4.69) is 10.6 Å². The standard InChI is InChI=1S/C11H21N3O4/c1-6(5-7(12)15)13-10(18)14-8(9(16)17)11(2,3)4/h6,8H,5H2,1-4H3,(H2,12,15)(H,16,17)(H2,13,14,18)/t6?,8-/m0/s1. The number of amides is 3. The van der Waals surface area contributed by atoms with Crippen LogP contribution < -0.4 is 16.4 Å². The van der Waals surface area contributed by atoms with Gasteiger partial charge < -0.3 is 21.5 Å². The number of nitrogens with one attached hydrogen (secondary N) is 2. The molecule has 0 aliphatic rings. The van der Waals surface area contributed by atoms with Crippen molar-refractivity contribution in [3.8, 4) is 0 Å². The van der Waals surface area contributed by atoms with E-state index in [1.165, 1.54) is 0 Å². The van der Waals surface area contributed by atoms with E-state index in [1.54, 1.807) is 27.7 Å². The lowest BCUT2D eigenvalue weighted by molar-refractivity contribution is -0.142. The monoisotopic (exact) mass is 259 g/mol. The van der Waals surface area contributed by atoms with Gasteiger partial charge >= 0.3 is 12.0 Å². The molecule has 3 amide bonds. The van der Waals surface area contributed by atoms with Crippen LogP contribution in [0.25, 0.3) is 0 Å². The predicted octanol–water partition coefficient (Wildman–Crippen LogP) is 0.0488. The van der Waals surface area contributed by atoms with Gasteiger partial charge in [0.2, 0.25) is 5.91 Å². The summed E-state index contributed by atoms with van der Waals surface area (Å²) in [5, 5.41) is 13.8. The Morgan fingerprint density at radius 1 is 1.22 bits per heavy atom. The van der Waals surface area contributed by atoms with Gasteiger partial charge in [0.15, 0.2) is 0 Å². The summed E-state index contributed by atoms with van der Waals surface area (Å²) in [5.41, 5.74) is 4.37. The maximum absolute atomic E-state index is 11.6. The number of carbonyl (C=O) groups excluding carboxylic acids is 2. The molecule has 7 heteroatoms. The van der Waals surface area contributed by atoms with Gasteiger partial charge in [-0.2, -0.15) is 0 Å². The minimum absolute atomic E-state index is 0.000671. The topological polar surface area (TPSA) is 122 Å². The quantitative estimate of drug-likeness (QED) is 0.557. The van der Waals surface area contributed by atoms with Crippen LogP contribution in [0, 0.1) is 5.41 Å². The van der Waals surface area contributed by atoms with Gasteiger partial charge in [-0.1, -0.05) is 20.8 Å². The third-order valence-electron chi connectivity index (χ3n) is 2.27. The minimum Gasteiger partial charge on any atom is -0.480 e. The molecule has 0 fully saturated rings. The van der Waals surface area contributed by atoms with Crippen LogP contribution in [-0.4, -0.2) is 35.1 Å². The first kappa shape index (κ1) is 16.2. The zero-order valence-electron chi connectivity index (χ0n) is 11.1. The molecule has 104 valence electrons. The minimum atomic E-state index is -1.11. The average Bonchev–Trinajstić information content (AvgIpc) is 2.09. The third kappa shape index (κ3) is 6.07. The van der Waals surface area contributed by atoms with E-state index in [4.69, 9.17) is 10.8 Å². The van der Waals surface area contributed by atoms with E-state index < -0.39 is 35.4 Å². The lowest BCUT2D eigenvalue weighted by atomic mass is 9.87. The first-order valence-electron chi connectivity index (χ1n) is 5.62. The highest BCUT2D eigenvalue weighted by atomic mass is 16.4. The summed E-state index contributed by atoms with van der Waals surface area (Å²) in [6.45, 7) is 6.73. The second-order valence-electron chi connectivity index (χ2n) is 5.33. The Balaban J connectivity index is 4.45.